The lowest BCUT2D eigenvalue weighted by Crippen LogP contribution is -2.15. The van der Waals surface area contributed by atoms with E-state index in [9.17, 15) is 13.2 Å². The summed E-state index contributed by atoms with van der Waals surface area (Å²) < 4.78 is 40.4. The molecule has 0 fully saturated rings. The summed E-state index contributed by atoms with van der Waals surface area (Å²) in [5.74, 6) is -1.65. The molecule has 0 radical (unpaired) electrons. The van der Waals surface area contributed by atoms with Gasteiger partial charge < -0.3 is 5.73 Å². The first-order chi connectivity index (χ1) is 8.99. The van der Waals surface area contributed by atoms with Gasteiger partial charge in [0.25, 0.3) is 0 Å². The van der Waals surface area contributed by atoms with Crippen LogP contribution in [-0.2, 0) is 6.42 Å². The zero-order valence-corrected chi connectivity index (χ0v) is 10.5. The highest BCUT2D eigenvalue weighted by atomic mass is 19.1. The molecule has 0 spiro atoms. The average Bonchev–Trinajstić information content (AvgIpc) is 2.37. The highest BCUT2D eigenvalue weighted by Gasteiger charge is 2.15. The van der Waals surface area contributed by atoms with Gasteiger partial charge in [-0.3, -0.25) is 0 Å². The standard InChI is InChI=1S/C15H14F3N/c1-9-5-6-10(7-14(9)18)15(19)8-11-12(16)3-2-4-13(11)17/h2-7,15H,8,19H2,1H3. The molecule has 1 atom stereocenters. The largest absolute Gasteiger partial charge is 0.324 e. The normalized spacial score (nSPS) is 12.5. The Morgan fingerprint density at radius 3 is 2.21 bits per heavy atom. The topological polar surface area (TPSA) is 26.0 Å². The lowest BCUT2D eigenvalue weighted by atomic mass is 9.98. The fraction of sp³-hybridized carbons (Fsp3) is 0.200. The Morgan fingerprint density at radius 2 is 1.63 bits per heavy atom. The van der Waals surface area contributed by atoms with Gasteiger partial charge in [-0.25, -0.2) is 13.2 Å². The smallest absolute Gasteiger partial charge is 0.129 e. The first-order valence-corrected chi connectivity index (χ1v) is 5.93. The average molecular weight is 265 g/mol. The monoisotopic (exact) mass is 265 g/mol. The molecule has 0 saturated heterocycles. The number of benzene rings is 2. The number of hydrogen-bond acceptors (Lipinski definition) is 1. The maximum Gasteiger partial charge on any atom is 0.129 e. The van der Waals surface area contributed by atoms with E-state index in [1.165, 1.54) is 24.3 Å². The van der Waals surface area contributed by atoms with Crippen LogP contribution >= 0.6 is 0 Å². The molecule has 0 heterocycles. The number of hydrogen-bond donors (Lipinski definition) is 1. The van der Waals surface area contributed by atoms with Crippen LogP contribution in [0, 0.1) is 24.4 Å². The summed E-state index contributed by atoms with van der Waals surface area (Å²) in [6.07, 6.45) is -0.0129. The molecule has 0 saturated carbocycles. The van der Waals surface area contributed by atoms with Gasteiger partial charge in [0.15, 0.2) is 0 Å². The summed E-state index contributed by atoms with van der Waals surface area (Å²) in [6, 6.07) is 7.58. The maximum atomic E-state index is 13.5. The molecule has 0 aliphatic rings. The molecule has 0 aliphatic carbocycles. The summed E-state index contributed by atoms with van der Waals surface area (Å²) in [5, 5.41) is 0. The van der Waals surface area contributed by atoms with Crippen LogP contribution in [0.1, 0.15) is 22.7 Å². The predicted molar refractivity (Wildman–Crippen MR) is 68.1 cm³/mol. The van der Waals surface area contributed by atoms with E-state index < -0.39 is 17.7 Å². The zero-order chi connectivity index (χ0) is 14.0. The van der Waals surface area contributed by atoms with Crippen molar-refractivity contribution >= 4 is 0 Å². The Morgan fingerprint density at radius 1 is 1.00 bits per heavy atom. The number of nitrogens with two attached hydrogens (primary N) is 1. The molecule has 0 aliphatic heterocycles. The molecule has 0 bridgehead atoms. The Labute approximate surface area is 109 Å². The number of halogens is 3. The highest BCUT2D eigenvalue weighted by molar-refractivity contribution is 5.28. The van der Waals surface area contributed by atoms with Crippen molar-refractivity contribution in [1.29, 1.82) is 0 Å². The van der Waals surface area contributed by atoms with Crippen LogP contribution in [0.4, 0.5) is 13.2 Å². The molecule has 2 aromatic carbocycles. The Balaban J connectivity index is 2.25. The van der Waals surface area contributed by atoms with Crippen molar-refractivity contribution in [2.24, 2.45) is 5.73 Å². The molecule has 1 unspecified atom stereocenters. The van der Waals surface area contributed by atoms with Gasteiger partial charge in [-0.1, -0.05) is 18.2 Å². The predicted octanol–water partition coefficient (Wildman–Crippen LogP) is 3.65. The minimum atomic E-state index is -0.651. The Bertz CT molecular complexity index is 576. The highest BCUT2D eigenvalue weighted by Crippen LogP contribution is 2.22. The zero-order valence-electron chi connectivity index (χ0n) is 10.5. The first-order valence-electron chi connectivity index (χ1n) is 5.93. The molecule has 2 N–H and O–H groups in total. The minimum Gasteiger partial charge on any atom is -0.324 e. The third-order valence-electron chi connectivity index (χ3n) is 3.11. The summed E-state index contributed by atoms with van der Waals surface area (Å²) in [5.41, 5.74) is 6.84. The van der Waals surface area contributed by atoms with Gasteiger partial charge in [-0.05, 0) is 42.7 Å². The van der Waals surface area contributed by atoms with Crippen molar-refractivity contribution in [2.45, 2.75) is 19.4 Å². The first kappa shape index (κ1) is 13.6. The molecule has 4 heteroatoms. The molecular formula is C15H14F3N. The molecule has 19 heavy (non-hydrogen) atoms. The second-order valence-corrected chi connectivity index (χ2v) is 4.52. The summed E-state index contributed by atoms with van der Waals surface area (Å²) in [4.78, 5) is 0. The minimum absolute atomic E-state index is 0.0129. The van der Waals surface area contributed by atoms with Crippen LogP contribution in [0.3, 0.4) is 0 Å². The molecule has 1 nitrogen and oxygen atoms in total. The van der Waals surface area contributed by atoms with Crippen molar-refractivity contribution in [3.63, 3.8) is 0 Å². The molecule has 0 aromatic heterocycles. The van der Waals surface area contributed by atoms with Crippen LogP contribution in [0.25, 0.3) is 0 Å². The summed E-state index contributed by atoms with van der Waals surface area (Å²) in [6.45, 7) is 1.64. The molecule has 2 aromatic rings. The van der Waals surface area contributed by atoms with Crippen molar-refractivity contribution in [3.8, 4) is 0 Å². The van der Waals surface area contributed by atoms with Crippen LogP contribution < -0.4 is 5.73 Å². The third-order valence-corrected chi connectivity index (χ3v) is 3.11. The number of aryl methyl sites for hydroxylation is 1. The SMILES string of the molecule is Cc1ccc(C(N)Cc2c(F)cccc2F)cc1F. The van der Waals surface area contributed by atoms with E-state index in [1.54, 1.807) is 19.1 Å². The molecule has 2 rings (SSSR count). The van der Waals surface area contributed by atoms with Crippen LogP contribution in [-0.4, -0.2) is 0 Å². The molecular weight excluding hydrogens is 251 g/mol. The molecule has 0 amide bonds. The number of rotatable bonds is 3. The van der Waals surface area contributed by atoms with Gasteiger partial charge in [0.1, 0.15) is 17.5 Å². The van der Waals surface area contributed by atoms with E-state index in [0.717, 1.165) is 0 Å². The van der Waals surface area contributed by atoms with Crippen LogP contribution in [0.5, 0.6) is 0 Å². The Kier molecular flexibility index (Phi) is 3.90. The van der Waals surface area contributed by atoms with Gasteiger partial charge in [-0.2, -0.15) is 0 Å². The van der Waals surface area contributed by atoms with Crippen molar-refractivity contribution in [1.82, 2.24) is 0 Å². The lowest BCUT2D eigenvalue weighted by molar-refractivity contribution is 0.538. The molecule has 100 valence electrons. The van der Waals surface area contributed by atoms with Gasteiger partial charge in [0, 0.05) is 11.6 Å². The van der Waals surface area contributed by atoms with Crippen molar-refractivity contribution in [3.05, 3.63) is 70.5 Å². The van der Waals surface area contributed by atoms with Gasteiger partial charge in [0.05, 0.1) is 0 Å². The van der Waals surface area contributed by atoms with E-state index in [2.05, 4.69) is 0 Å². The van der Waals surface area contributed by atoms with E-state index in [0.29, 0.717) is 11.1 Å². The fourth-order valence-electron chi connectivity index (χ4n) is 1.90. The summed E-state index contributed by atoms with van der Waals surface area (Å²) in [7, 11) is 0. The second kappa shape index (κ2) is 5.45. The van der Waals surface area contributed by atoms with Gasteiger partial charge in [0.2, 0.25) is 0 Å². The Hall–Kier alpha value is -1.81. The van der Waals surface area contributed by atoms with Gasteiger partial charge in [-0.15, -0.1) is 0 Å². The second-order valence-electron chi connectivity index (χ2n) is 4.52. The lowest BCUT2D eigenvalue weighted by Gasteiger charge is -2.14. The third kappa shape index (κ3) is 2.96. The van der Waals surface area contributed by atoms with Crippen LogP contribution in [0.15, 0.2) is 36.4 Å². The quantitative estimate of drug-likeness (QED) is 0.900. The van der Waals surface area contributed by atoms with E-state index in [-0.39, 0.29) is 17.8 Å². The van der Waals surface area contributed by atoms with Crippen molar-refractivity contribution in [2.75, 3.05) is 0 Å². The maximum absolute atomic E-state index is 13.5. The summed E-state index contributed by atoms with van der Waals surface area (Å²) >= 11 is 0. The van der Waals surface area contributed by atoms with Gasteiger partial charge >= 0.3 is 0 Å². The van der Waals surface area contributed by atoms with Crippen molar-refractivity contribution < 1.29 is 13.2 Å². The van der Waals surface area contributed by atoms with E-state index in [1.807, 2.05) is 0 Å². The van der Waals surface area contributed by atoms with E-state index in [4.69, 9.17) is 5.73 Å². The van der Waals surface area contributed by atoms with Crippen LogP contribution in [0.2, 0.25) is 0 Å². The van der Waals surface area contributed by atoms with E-state index >= 15 is 0 Å². The fourth-order valence-corrected chi connectivity index (χ4v) is 1.90.